The fraction of sp³-hybridized carbons (Fsp3) is 0.111. The maximum absolute atomic E-state index is 2.87. The van der Waals surface area contributed by atoms with Crippen LogP contribution in [0, 0.1) is 0 Å². The maximum atomic E-state index is 2.35. The number of hydrogen-bond acceptors (Lipinski definition) is 0. The monoisotopic (exact) mass is 462 g/mol. The standard InChI is InChI=1S/C27H27P.BrH/c1-2-23-28(24-15-7-3-8-16-24,25-17-9-4-10-18-25,26-19-11-5-12-20-26)27-21-13-6-14-22-27;/h3-22H,2,23H2,1H3;1H. The van der Waals surface area contributed by atoms with Crippen molar-refractivity contribution in [3.63, 3.8) is 0 Å². The van der Waals surface area contributed by atoms with Crippen LogP contribution in [0.2, 0.25) is 0 Å². The van der Waals surface area contributed by atoms with Crippen molar-refractivity contribution in [3.05, 3.63) is 121 Å². The van der Waals surface area contributed by atoms with E-state index in [4.69, 9.17) is 0 Å². The second-order valence-corrected chi connectivity index (χ2v) is 12.5. The Morgan fingerprint density at radius 3 is 0.897 bits per heavy atom. The SMILES string of the molecule is Br.CCCP(c1ccccc1)(c1ccccc1)(c1ccccc1)c1ccccc1. The summed E-state index contributed by atoms with van der Waals surface area (Å²) in [6.07, 6.45) is 2.24. The molecule has 4 rings (SSSR count). The van der Waals surface area contributed by atoms with Crippen molar-refractivity contribution in [3.8, 4) is 0 Å². The van der Waals surface area contributed by atoms with E-state index in [-0.39, 0.29) is 17.0 Å². The fourth-order valence-electron chi connectivity index (χ4n) is 4.89. The van der Waals surface area contributed by atoms with E-state index in [1.807, 2.05) is 0 Å². The third kappa shape index (κ3) is 3.27. The Bertz CT molecular complexity index is 846. The normalized spacial score (nSPS) is 12.4. The van der Waals surface area contributed by atoms with Crippen LogP contribution in [0.1, 0.15) is 13.3 Å². The molecule has 0 bridgehead atoms. The molecular weight excluding hydrogens is 435 g/mol. The first kappa shape index (κ1) is 21.5. The minimum atomic E-state index is -2.87. The van der Waals surface area contributed by atoms with Gasteiger partial charge in [-0.3, -0.25) is 0 Å². The van der Waals surface area contributed by atoms with Gasteiger partial charge in [-0.25, -0.2) is 0 Å². The van der Waals surface area contributed by atoms with Gasteiger partial charge in [-0.1, -0.05) is 0 Å². The summed E-state index contributed by atoms with van der Waals surface area (Å²) in [6.45, 7) is -0.552. The van der Waals surface area contributed by atoms with Crippen molar-refractivity contribution in [2.45, 2.75) is 13.3 Å². The zero-order chi connectivity index (χ0) is 19.3. The number of benzene rings is 4. The molecule has 148 valence electrons. The third-order valence-corrected chi connectivity index (χ3v) is 13.1. The Kier molecular flexibility index (Phi) is 6.73. The summed E-state index contributed by atoms with van der Waals surface area (Å²) in [4.78, 5) is 0. The third-order valence-electron chi connectivity index (χ3n) is 5.98. The molecule has 4 aromatic rings. The number of rotatable bonds is 6. The summed E-state index contributed by atoms with van der Waals surface area (Å²) in [6, 6.07) is 44.9. The van der Waals surface area contributed by atoms with E-state index in [2.05, 4.69) is 128 Å². The molecule has 0 amide bonds. The van der Waals surface area contributed by atoms with Crippen LogP contribution in [0.4, 0.5) is 0 Å². The van der Waals surface area contributed by atoms with Gasteiger partial charge in [0.15, 0.2) is 0 Å². The average molecular weight is 463 g/mol. The predicted molar refractivity (Wildman–Crippen MR) is 137 cm³/mol. The average Bonchev–Trinajstić information content (AvgIpc) is 2.80. The molecule has 29 heavy (non-hydrogen) atoms. The topological polar surface area (TPSA) is 0 Å². The van der Waals surface area contributed by atoms with E-state index in [9.17, 15) is 0 Å². The molecule has 0 aliphatic heterocycles. The Morgan fingerprint density at radius 2 is 0.690 bits per heavy atom. The van der Waals surface area contributed by atoms with Crippen molar-refractivity contribution in [2.75, 3.05) is 6.16 Å². The molecule has 2 heteroatoms. The molecule has 0 N–H and O–H groups in total. The van der Waals surface area contributed by atoms with Gasteiger partial charge < -0.3 is 0 Å². The molecule has 0 unspecified atom stereocenters. The van der Waals surface area contributed by atoms with Gasteiger partial charge in [-0.2, -0.15) is 0 Å². The second kappa shape index (κ2) is 9.08. The number of hydrogen-bond donors (Lipinski definition) is 0. The van der Waals surface area contributed by atoms with Gasteiger partial charge >= 0.3 is 169 Å². The summed E-state index contributed by atoms with van der Waals surface area (Å²) < 4.78 is 0. The molecule has 0 saturated carbocycles. The molecule has 0 aliphatic carbocycles. The molecule has 0 fully saturated rings. The Labute approximate surface area is 185 Å². The van der Waals surface area contributed by atoms with Crippen molar-refractivity contribution in [2.24, 2.45) is 0 Å². The second-order valence-electron chi connectivity index (χ2n) is 7.37. The summed E-state index contributed by atoms with van der Waals surface area (Å²) >= 11 is 0. The van der Waals surface area contributed by atoms with Crippen LogP contribution in [0.15, 0.2) is 121 Å². The van der Waals surface area contributed by atoms with Gasteiger partial charge in [-0.05, 0) is 0 Å². The van der Waals surface area contributed by atoms with Crippen LogP contribution < -0.4 is 21.2 Å². The van der Waals surface area contributed by atoms with Crippen LogP contribution in [-0.4, -0.2) is 6.16 Å². The molecule has 0 radical (unpaired) electrons. The van der Waals surface area contributed by atoms with Crippen LogP contribution >= 0.6 is 23.6 Å². The summed E-state index contributed by atoms with van der Waals surface area (Å²) in [5, 5.41) is 5.77. The predicted octanol–water partition coefficient (Wildman–Crippen LogP) is 5.83. The van der Waals surface area contributed by atoms with E-state index in [0.29, 0.717) is 0 Å². The molecule has 0 aliphatic rings. The van der Waals surface area contributed by atoms with E-state index in [1.54, 1.807) is 0 Å². The van der Waals surface area contributed by atoms with Crippen molar-refractivity contribution in [1.29, 1.82) is 0 Å². The van der Waals surface area contributed by atoms with Crippen LogP contribution in [0.25, 0.3) is 0 Å². The van der Waals surface area contributed by atoms with Gasteiger partial charge in [0.1, 0.15) is 0 Å². The molecule has 0 spiro atoms. The molecule has 4 aromatic carbocycles. The van der Waals surface area contributed by atoms with Crippen LogP contribution in [0.3, 0.4) is 0 Å². The Balaban J connectivity index is 0.00000240. The van der Waals surface area contributed by atoms with E-state index in [1.165, 1.54) is 21.2 Å². The first-order valence-corrected chi connectivity index (χ1v) is 12.5. The zero-order valence-corrected chi connectivity index (χ0v) is 19.4. The van der Waals surface area contributed by atoms with E-state index < -0.39 is 6.60 Å². The Hall–Kier alpha value is -2.21. The summed E-state index contributed by atoms with van der Waals surface area (Å²) in [7, 11) is 0. The first-order valence-electron chi connectivity index (χ1n) is 10.1. The minimum absolute atomic E-state index is 0. The van der Waals surface area contributed by atoms with Crippen molar-refractivity contribution >= 4 is 44.8 Å². The van der Waals surface area contributed by atoms with Gasteiger partial charge in [0.25, 0.3) is 0 Å². The van der Waals surface area contributed by atoms with Crippen LogP contribution in [-0.2, 0) is 0 Å². The molecule has 0 aromatic heterocycles. The fourth-order valence-corrected chi connectivity index (χ4v) is 11.9. The van der Waals surface area contributed by atoms with E-state index >= 15 is 0 Å². The van der Waals surface area contributed by atoms with Gasteiger partial charge in [0.05, 0.1) is 0 Å². The molecular formula is C27H28BrP. The molecule has 0 nitrogen and oxygen atoms in total. The summed E-state index contributed by atoms with van der Waals surface area (Å²) in [5.41, 5.74) is 0. The first-order chi connectivity index (χ1) is 13.8. The molecule has 0 saturated heterocycles. The van der Waals surface area contributed by atoms with Crippen molar-refractivity contribution < 1.29 is 0 Å². The quantitative estimate of drug-likeness (QED) is 0.316. The number of halogens is 1. The molecule has 0 heterocycles. The van der Waals surface area contributed by atoms with Crippen LogP contribution in [0.5, 0.6) is 0 Å². The van der Waals surface area contributed by atoms with Gasteiger partial charge in [0, 0.05) is 0 Å². The van der Waals surface area contributed by atoms with E-state index in [0.717, 1.165) is 12.6 Å². The van der Waals surface area contributed by atoms with Crippen molar-refractivity contribution in [1.82, 2.24) is 0 Å². The van der Waals surface area contributed by atoms with Gasteiger partial charge in [0.2, 0.25) is 0 Å². The molecule has 0 atom stereocenters. The zero-order valence-electron chi connectivity index (χ0n) is 16.8. The Morgan fingerprint density at radius 1 is 0.448 bits per heavy atom. The summed E-state index contributed by atoms with van der Waals surface area (Å²) in [5.74, 6) is 0. The van der Waals surface area contributed by atoms with Gasteiger partial charge in [-0.15, -0.1) is 17.0 Å².